The average Bonchev–Trinajstić information content (AvgIpc) is 3.30. The van der Waals surface area contributed by atoms with Gasteiger partial charge in [0.05, 0.1) is 20.3 Å². The second kappa shape index (κ2) is 12.1. The van der Waals surface area contributed by atoms with Crippen LogP contribution >= 0.6 is 0 Å². The molecule has 2 atom stereocenters. The van der Waals surface area contributed by atoms with Gasteiger partial charge in [-0.25, -0.2) is 9.59 Å². The van der Waals surface area contributed by atoms with Crippen molar-refractivity contribution in [3.8, 4) is 5.75 Å². The summed E-state index contributed by atoms with van der Waals surface area (Å²) in [6.45, 7) is 3.94. The number of hydrogen-bond donors (Lipinski definition) is 2. The number of benzene rings is 2. The number of aliphatic carboxylic acids is 1. The minimum Gasteiger partial charge on any atom is -0.496 e. The third-order valence-corrected chi connectivity index (χ3v) is 6.71. The van der Waals surface area contributed by atoms with Gasteiger partial charge in [-0.1, -0.05) is 32.4 Å². The molecule has 9 heteroatoms. The smallest absolute Gasteiger partial charge is 0.407 e. The molecule has 0 aromatic heterocycles. The summed E-state index contributed by atoms with van der Waals surface area (Å²) in [7, 11) is 3.19. The van der Waals surface area contributed by atoms with E-state index in [1.54, 1.807) is 7.11 Å². The van der Waals surface area contributed by atoms with Gasteiger partial charge >= 0.3 is 12.1 Å². The SMILES string of the molecule is CCCCc1cc2cc([C@]3(OC)C[C@@H](C(=O)O)N(C(=O)CNC(=O)OCCC)C3)ccc2cc1OC. The molecule has 1 aliphatic rings. The van der Waals surface area contributed by atoms with Crippen LogP contribution in [0.25, 0.3) is 10.8 Å². The fraction of sp³-hybridized carbons (Fsp3) is 0.519. The number of ether oxygens (including phenoxy) is 3. The summed E-state index contributed by atoms with van der Waals surface area (Å²) in [4.78, 5) is 38.0. The molecule has 1 heterocycles. The number of carbonyl (C=O) groups excluding carboxylic acids is 2. The van der Waals surface area contributed by atoms with Crippen LogP contribution in [0.4, 0.5) is 4.79 Å². The van der Waals surface area contributed by atoms with E-state index in [9.17, 15) is 19.5 Å². The number of fused-ring (bicyclic) bond motifs is 1. The van der Waals surface area contributed by atoms with Gasteiger partial charge in [0, 0.05) is 13.5 Å². The molecule has 9 nitrogen and oxygen atoms in total. The maximum atomic E-state index is 12.9. The maximum absolute atomic E-state index is 12.9. The van der Waals surface area contributed by atoms with E-state index in [4.69, 9.17) is 14.2 Å². The van der Waals surface area contributed by atoms with Crippen LogP contribution in [-0.4, -0.2) is 67.9 Å². The number of carboxylic acid groups (broad SMARTS) is 1. The minimum absolute atomic E-state index is 0.0509. The average molecular weight is 501 g/mol. The monoisotopic (exact) mass is 500 g/mol. The fourth-order valence-corrected chi connectivity index (χ4v) is 4.69. The first-order chi connectivity index (χ1) is 17.3. The summed E-state index contributed by atoms with van der Waals surface area (Å²) in [6, 6.07) is 8.90. The Kier molecular flexibility index (Phi) is 9.14. The lowest BCUT2D eigenvalue weighted by atomic mass is 9.88. The molecular weight excluding hydrogens is 464 g/mol. The molecule has 36 heavy (non-hydrogen) atoms. The predicted octanol–water partition coefficient (Wildman–Crippen LogP) is 3.85. The molecule has 0 spiro atoms. The first-order valence-electron chi connectivity index (χ1n) is 12.4. The second-order valence-corrected chi connectivity index (χ2v) is 9.10. The molecule has 0 radical (unpaired) electrons. The zero-order valence-electron chi connectivity index (χ0n) is 21.5. The Morgan fingerprint density at radius 2 is 1.89 bits per heavy atom. The lowest BCUT2D eigenvalue weighted by molar-refractivity contribution is -0.147. The van der Waals surface area contributed by atoms with Crippen molar-refractivity contribution in [1.82, 2.24) is 10.2 Å². The van der Waals surface area contributed by atoms with E-state index in [-0.39, 0.29) is 26.1 Å². The molecule has 0 bridgehead atoms. The Labute approximate surface area is 211 Å². The van der Waals surface area contributed by atoms with Gasteiger partial charge in [-0.2, -0.15) is 0 Å². The van der Waals surface area contributed by atoms with Crippen LogP contribution in [0.3, 0.4) is 0 Å². The lowest BCUT2D eigenvalue weighted by Crippen LogP contribution is -2.46. The predicted molar refractivity (Wildman–Crippen MR) is 135 cm³/mol. The van der Waals surface area contributed by atoms with Gasteiger partial charge in [-0.15, -0.1) is 0 Å². The van der Waals surface area contributed by atoms with Crippen LogP contribution < -0.4 is 10.1 Å². The van der Waals surface area contributed by atoms with Gasteiger partial charge in [0.2, 0.25) is 5.91 Å². The number of carbonyl (C=O) groups is 3. The van der Waals surface area contributed by atoms with Crippen LogP contribution in [0.5, 0.6) is 5.75 Å². The maximum Gasteiger partial charge on any atom is 0.407 e. The van der Waals surface area contributed by atoms with Crippen LogP contribution in [0, 0.1) is 0 Å². The summed E-state index contributed by atoms with van der Waals surface area (Å²) >= 11 is 0. The van der Waals surface area contributed by atoms with Crippen molar-refractivity contribution >= 4 is 28.7 Å². The van der Waals surface area contributed by atoms with E-state index in [0.29, 0.717) is 6.42 Å². The van der Waals surface area contributed by atoms with E-state index in [1.165, 1.54) is 12.0 Å². The largest absolute Gasteiger partial charge is 0.496 e. The molecule has 196 valence electrons. The quantitative estimate of drug-likeness (QED) is 0.482. The normalized spacial score (nSPS) is 19.3. The van der Waals surface area contributed by atoms with Gasteiger partial charge in [-0.05, 0) is 59.4 Å². The highest BCUT2D eigenvalue weighted by atomic mass is 16.5. The number of rotatable bonds is 11. The number of likely N-dealkylation sites (tertiary alicyclic amines) is 1. The second-order valence-electron chi connectivity index (χ2n) is 9.10. The van der Waals surface area contributed by atoms with Gasteiger partial charge in [0.1, 0.15) is 23.9 Å². The molecule has 0 saturated carbocycles. The molecular formula is C27H36N2O7. The van der Waals surface area contributed by atoms with E-state index in [1.807, 2.05) is 31.2 Å². The number of unbranched alkanes of at least 4 members (excludes halogenated alkanes) is 1. The highest BCUT2D eigenvalue weighted by Gasteiger charge is 2.50. The molecule has 1 fully saturated rings. The standard InChI is InChI=1S/C27H36N2O7/c1-5-7-8-19-12-20-13-21(10-9-18(20)14-23(19)34-3)27(35-4)15-22(25(31)32)29(17-27)24(30)16-28-26(33)36-11-6-2/h9-10,12-14,22H,5-8,11,15-17H2,1-4H3,(H,28,33)(H,31,32)/t22-,27-/m0/s1. The van der Waals surface area contributed by atoms with E-state index < -0.39 is 29.6 Å². The van der Waals surface area contributed by atoms with Crippen molar-refractivity contribution in [3.63, 3.8) is 0 Å². The van der Waals surface area contributed by atoms with Crippen molar-refractivity contribution in [2.45, 2.75) is 57.6 Å². The van der Waals surface area contributed by atoms with Crippen LogP contribution in [0.2, 0.25) is 0 Å². The number of nitrogens with zero attached hydrogens (tertiary/aromatic N) is 1. The van der Waals surface area contributed by atoms with E-state index >= 15 is 0 Å². The lowest BCUT2D eigenvalue weighted by Gasteiger charge is -2.29. The summed E-state index contributed by atoms with van der Waals surface area (Å²) in [5.74, 6) is -0.788. The molecule has 2 amide bonds. The number of aryl methyl sites for hydroxylation is 1. The highest BCUT2D eigenvalue weighted by molar-refractivity contribution is 5.88. The minimum atomic E-state index is -1.12. The summed E-state index contributed by atoms with van der Waals surface area (Å²) in [6.07, 6.45) is 3.05. The first kappa shape index (κ1) is 27.3. The van der Waals surface area contributed by atoms with Crippen LogP contribution in [-0.2, 0) is 31.1 Å². The van der Waals surface area contributed by atoms with Crippen LogP contribution in [0.15, 0.2) is 30.3 Å². The molecule has 2 aromatic rings. The Bertz CT molecular complexity index is 1100. The highest BCUT2D eigenvalue weighted by Crippen LogP contribution is 2.40. The third kappa shape index (κ3) is 5.90. The Morgan fingerprint density at radius 1 is 1.11 bits per heavy atom. The number of alkyl carbamates (subject to hydrolysis) is 1. The van der Waals surface area contributed by atoms with E-state index in [0.717, 1.165) is 46.9 Å². The van der Waals surface area contributed by atoms with Crippen molar-refractivity contribution < 1.29 is 33.7 Å². The molecule has 1 saturated heterocycles. The Balaban J connectivity index is 1.89. The Morgan fingerprint density at radius 3 is 2.53 bits per heavy atom. The summed E-state index contributed by atoms with van der Waals surface area (Å²) < 4.78 is 16.4. The molecule has 2 N–H and O–H groups in total. The number of carboxylic acids is 1. The zero-order chi connectivity index (χ0) is 26.3. The van der Waals surface area contributed by atoms with Crippen molar-refractivity contribution in [3.05, 3.63) is 41.5 Å². The number of nitrogens with one attached hydrogen (secondary N) is 1. The van der Waals surface area contributed by atoms with Crippen LogP contribution in [0.1, 0.15) is 50.7 Å². The molecule has 3 rings (SSSR count). The molecule has 1 aliphatic heterocycles. The molecule has 0 unspecified atom stereocenters. The Hall–Kier alpha value is -3.33. The fourth-order valence-electron chi connectivity index (χ4n) is 4.69. The van der Waals surface area contributed by atoms with Gasteiger partial charge < -0.3 is 29.5 Å². The van der Waals surface area contributed by atoms with Gasteiger partial charge in [-0.3, -0.25) is 4.79 Å². The third-order valence-electron chi connectivity index (χ3n) is 6.71. The zero-order valence-corrected chi connectivity index (χ0v) is 21.5. The summed E-state index contributed by atoms with van der Waals surface area (Å²) in [5, 5.41) is 14.3. The van der Waals surface area contributed by atoms with Gasteiger partial charge in [0.25, 0.3) is 0 Å². The number of amides is 2. The first-order valence-corrected chi connectivity index (χ1v) is 12.4. The molecule has 0 aliphatic carbocycles. The van der Waals surface area contributed by atoms with Crippen molar-refractivity contribution in [1.29, 1.82) is 0 Å². The summed E-state index contributed by atoms with van der Waals surface area (Å²) in [5.41, 5.74) is 0.906. The number of methoxy groups -OCH3 is 2. The number of hydrogen-bond acceptors (Lipinski definition) is 6. The molecule has 2 aromatic carbocycles. The van der Waals surface area contributed by atoms with E-state index in [2.05, 4.69) is 18.3 Å². The van der Waals surface area contributed by atoms with Crippen molar-refractivity contribution in [2.24, 2.45) is 0 Å². The van der Waals surface area contributed by atoms with Gasteiger partial charge in [0.15, 0.2) is 0 Å². The van der Waals surface area contributed by atoms with Crippen molar-refractivity contribution in [2.75, 3.05) is 33.9 Å². The topological polar surface area (TPSA) is 114 Å².